The third-order valence-corrected chi connectivity index (χ3v) is 5.14. The van der Waals surface area contributed by atoms with E-state index in [4.69, 9.17) is 26.2 Å². The van der Waals surface area contributed by atoms with Crippen LogP contribution in [0.2, 0.25) is 5.02 Å². The highest BCUT2D eigenvalue weighted by atomic mass is 35.5. The number of hydrogen-bond donors (Lipinski definition) is 2. The van der Waals surface area contributed by atoms with Crippen LogP contribution in [0.5, 0.6) is 5.75 Å². The molecular weight excluding hydrogens is 439 g/mol. The Morgan fingerprint density at radius 3 is 2.62 bits per heavy atom. The summed E-state index contributed by atoms with van der Waals surface area (Å²) in [6.07, 6.45) is -0.181. The van der Waals surface area contributed by atoms with Gasteiger partial charge in [-0.2, -0.15) is 0 Å². The maximum absolute atomic E-state index is 14.1. The van der Waals surface area contributed by atoms with E-state index in [1.165, 1.54) is 12.1 Å². The molecule has 172 valence electrons. The van der Waals surface area contributed by atoms with Crippen molar-refractivity contribution in [3.8, 4) is 5.75 Å². The van der Waals surface area contributed by atoms with Gasteiger partial charge in [-0.3, -0.25) is 4.79 Å². The molecule has 2 aromatic rings. The number of anilines is 2. The Morgan fingerprint density at radius 2 is 2.03 bits per heavy atom. The van der Waals surface area contributed by atoms with E-state index in [0.717, 1.165) is 18.3 Å². The Balaban J connectivity index is 1.87. The molecule has 1 aliphatic rings. The van der Waals surface area contributed by atoms with Crippen molar-refractivity contribution >= 4 is 34.9 Å². The molecule has 1 fully saturated rings. The fourth-order valence-electron chi connectivity index (χ4n) is 3.37. The first kappa shape index (κ1) is 23.8. The first-order valence-electron chi connectivity index (χ1n) is 10.3. The average Bonchev–Trinajstić information content (AvgIpc) is 2.66. The zero-order valence-corrected chi connectivity index (χ0v) is 18.7. The number of amides is 1. The van der Waals surface area contributed by atoms with Gasteiger partial charge in [0.25, 0.3) is 0 Å². The number of ether oxygens (including phenoxy) is 2. The van der Waals surface area contributed by atoms with Crippen molar-refractivity contribution in [3.05, 3.63) is 52.8 Å². The van der Waals surface area contributed by atoms with Gasteiger partial charge in [-0.1, -0.05) is 31.5 Å². The lowest BCUT2D eigenvalue weighted by Gasteiger charge is -2.40. The molecule has 9 heteroatoms. The molecule has 0 atom stereocenters. The number of halogens is 2. The molecule has 0 radical (unpaired) electrons. The van der Waals surface area contributed by atoms with Crippen LogP contribution < -0.4 is 15.0 Å². The van der Waals surface area contributed by atoms with Gasteiger partial charge >= 0.3 is 5.97 Å². The summed E-state index contributed by atoms with van der Waals surface area (Å²) in [6.45, 7) is 5.57. The number of aliphatic carboxylic acids is 1. The molecular formula is C23H26ClFN2O5. The van der Waals surface area contributed by atoms with Crippen LogP contribution in [0.4, 0.5) is 15.8 Å². The molecule has 0 saturated carbocycles. The third kappa shape index (κ3) is 6.34. The lowest BCUT2D eigenvalue weighted by molar-refractivity contribution is -0.139. The molecule has 1 saturated heterocycles. The van der Waals surface area contributed by atoms with Crippen LogP contribution in [-0.2, 0) is 20.7 Å². The van der Waals surface area contributed by atoms with Crippen molar-refractivity contribution in [2.45, 2.75) is 26.3 Å². The lowest BCUT2D eigenvalue weighted by Crippen LogP contribution is -2.50. The van der Waals surface area contributed by atoms with E-state index in [1.54, 1.807) is 18.2 Å². The Kier molecular flexibility index (Phi) is 7.93. The minimum absolute atomic E-state index is 0.160. The van der Waals surface area contributed by atoms with Crippen LogP contribution in [-0.4, -0.2) is 49.4 Å². The van der Waals surface area contributed by atoms with E-state index in [0.29, 0.717) is 30.6 Å². The summed E-state index contributed by atoms with van der Waals surface area (Å²) in [5.74, 6) is -1.42. The number of carbonyl (C=O) groups excluding carboxylic acids is 1. The van der Waals surface area contributed by atoms with E-state index < -0.39 is 24.3 Å². The maximum atomic E-state index is 14.1. The molecule has 2 aromatic carbocycles. The fraction of sp³-hybridized carbons (Fsp3) is 0.391. The zero-order chi connectivity index (χ0) is 23.3. The van der Waals surface area contributed by atoms with E-state index in [2.05, 4.69) is 24.1 Å². The molecule has 0 aliphatic carbocycles. The number of carboxylic acids is 1. The van der Waals surface area contributed by atoms with Gasteiger partial charge in [-0.05, 0) is 35.7 Å². The summed E-state index contributed by atoms with van der Waals surface area (Å²) in [6, 6.07) is 9.36. The molecule has 1 heterocycles. The largest absolute Gasteiger partial charge is 0.482 e. The first-order valence-corrected chi connectivity index (χ1v) is 10.7. The zero-order valence-electron chi connectivity index (χ0n) is 17.9. The highest BCUT2D eigenvalue weighted by Crippen LogP contribution is 2.34. The van der Waals surface area contributed by atoms with E-state index in [1.807, 2.05) is 0 Å². The van der Waals surface area contributed by atoms with E-state index in [-0.39, 0.29) is 23.0 Å². The van der Waals surface area contributed by atoms with Gasteiger partial charge in [0.2, 0.25) is 5.91 Å². The summed E-state index contributed by atoms with van der Waals surface area (Å²) < 4.78 is 24.8. The fourth-order valence-corrected chi connectivity index (χ4v) is 3.53. The average molecular weight is 465 g/mol. The van der Waals surface area contributed by atoms with Crippen LogP contribution >= 0.6 is 11.6 Å². The number of rotatable bonds is 10. The van der Waals surface area contributed by atoms with Gasteiger partial charge < -0.3 is 24.8 Å². The minimum Gasteiger partial charge on any atom is -0.482 e. The quantitative estimate of drug-likeness (QED) is 0.553. The molecule has 0 bridgehead atoms. The van der Waals surface area contributed by atoms with Gasteiger partial charge in [0.05, 0.1) is 37.1 Å². The molecule has 32 heavy (non-hydrogen) atoms. The highest BCUT2D eigenvalue weighted by Gasteiger charge is 2.29. The first-order chi connectivity index (χ1) is 15.2. The maximum Gasteiger partial charge on any atom is 0.341 e. The normalized spacial score (nSPS) is 13.5. The predicted molar refractivity (Wildman–Crippen MR) is 120 cm³/mol. The summed E-state index contributed by atoms with van der Waals surface area (Å²) in [5, 5.41) is 12.0. The molecule has 2 N–H and O–H groups in total. The minimum atomic E-state index is -1.11. The van der Waals surface area contributed by atoms with Crippen molar-refractivity contribution in [1.82, 2.24) is 0 Å². The van der Waals surface area contributed by atoms with Gasteiger partial charge in [-0.25, -0.2) is 9.18 Å². The van der Waals surface area contributed by atoms with E-state index >= 15 is 0 Å². The number of hydrogen-bond acceptors (Lipinski definition) is 5. The smallest absolute Gasteiger partial charge is 0.341 e. The second kappa shape index (κ2) is 10.7. The Hall–Kier alpha value is -2.84. The number of benzene rings is 2. The van der Waals surface area contributed by atoms with Crippen LogP contribution in [0.3, 0.4) is 0 Å². The van der Waals surface area contributed by atoms with Gasteiger partial charge in [0.15, 0.2) is 6.61 Å². The third-order valence-electron chi connectivity index (χ3n) is 4.90. The summed E-state index contributed by atoms with van der Waals surface area (Å²) in [7, 11) is 0. The summed E-state index contributed by atoms with van der Waals surface area (Å²) >= 11 is 5.79. The van der Waals surface area contributed by atoms with Gasteiger partial charge in [0.1, 0.15) is 11.6 Å². The van der Waals surface area contributed by atoms with Crippen molar-refractivity contribution in [1.29, 1.82) is 0 Å². The summed E-state index contributed by atoms with van der Waals surface area (Å²) in [4.78, 5) is 25.8. The molecule has 7 nitrogen and oxygen atoms in total. The number of carboxylic acid groups (broad SMARTS) is 1. The standard InChI is InChI=1S/C23H26ClFN2O5/c1-14(2)10-27(17-11-31-12-17)21-6-5-18(32-13-23(29)30)9-20(21)26-22(28)7-15-3-4-16(24)8-19(15)25/h3-6,8-9,14,17H,7,10-13H2,1-2H3,(H,26,28)(H,29,30). The molecule has 1 aliphatic heterocycles. The summed E-state index contributed by atoms with van der Waals surface area (Å²) in [5.41, 5.74) is 1.44. The van der Waals surface area contributed by atoms with Gasteiger partial charge in [0, 0.05) is 17.6 Å². The van der Waals surface area contributed by atoms with Crippen molar-refractivity contribution in [2.24, 2.45) is 5.92 Å². The molecule has 0 spiro atoms. The molecule has 0 unspecified atom stereocenters. The SMILES string of the molecule is CC(C)CN(c1ccc(OCC(=O)O)cc1NC(=O)Cc1ccc(Cl)cc1F)C1COC1. The van der Waals surface area contributed by atoms with E-state index in [9.17, 15) is 14.0 Å². The molecule has 3 rings (SSSR count). The highest BCUT2D eigenvalue weighted by molar-refractivity contribution is 6.30. The molecule has 0 aromatic heterocycles. The second-order valence-corrected chi connectivity index (χ2v) is 8.50. The Morgan fingerprint density at radius 1 is 1.28 bits per heavy atom. The van der Waals surface area contributed by atoms with Crippen LogP contribution in [0.15, 0.2) is 36.4 Å². The Labute approximate surface area is 191 Å². The lowest BCUT2D eigenvalue weighted by atomic mass is 10.1. The monoisotopic (exact) mass is 464 g/mol. The number of nitrogens with one attached hydrogen (secondary N) is 1. The molecule has 1 amide bonds. The number of carbonyl (C=O) groups is 2. The topological polar surface area (TPSA) is 88.1 Å². The van der Waals surface area contributed by atoms with Crippen molar-refractivity contribution < 1.29 is 28.6 Å². The predicted octanol–water partition coefficient (Wildman–Crippen LogP) is 3.98. The number of nitrogens with zero attached hydrogens (tertiary/aromatic N) is 1. The van der Waals surface area contributed by atoms with Crippen molar-refractivity contribution in [2.75, 3.05) is 36.6 Å². The van der Waals surface area contributed by atoms with Crippen molar-refractivity contribution in [3.63, 3.8) is 0 Å². The van der Waals surface area contributed by atoms with Gasteiger partial charge in [-0.15, -0.1) is 0 Å². The van der Waals surface area contributed by atoms with Crippen LogP contribution in [0.1, 0.15) is 19.4 Å². The second-order valence-electron chi connectivity index (χ2n) is 8.06. The Bertz CT molecular complexity index is 981. The van der Waals surface area contributed by atoms with Crippen LogP contribution in [0.25, 0.3) is 0 Å². The van der Waals surface area contributed by atoms with Crippen LogP contribution in [0, 0.1) is 11.7 Å².